The number of carbonyl (C=O) groups excluding carboxylic acids is 1. The van der Waals surface area contributed by atoms with Crippen LogP contribution in [0.2, 0.25) is 0 Å². The molecule has 1 aliphatic heterocycles. The first kappa shape index (κ1) is 11.3. The fraction of sp³-hybridized carbons (Fsp3) is 0.667. The molecule has 2 heterocycles. The standard InChI is InChI=1S/C12H19N3O/c1-11(14-5-3-2-4-6-14)8-15-10-13-7-12(15)9-16/h7,9-11H,2-6,8H2,1H3. The number of aldehydes is 1. The van der Waals surface area contributed by atoms with Crippen molar-refractivity contribution in [2.75, 3.05) is 13.1 Å². The molecule has 1 atom stereocenters. The lowest BCUT2D eigenvalue weighted by Crippen LogP contribution is -2.39. The second-order valence-corrected chi connectivity index (χ2v) is 4.53. The lowest BCUT2D eigenvalue weighted by Gasteiger charge is -2.32. The molecule has 1 saturated heterocycles. The van der Waals surface area contributed by atoms with E-state index in [2.05, 4.69) is 16.8 Å². The van der Waals surface area contributed by atoms with Gasteiger partial charge in [0.15, 0.2) is 6.29 Å². The molecule has 0 aliphatic carbocycles. The summed E-state index contributed by atoms with van der Waals surface area (Å²) in [5.74, 6) is 0. The van der Waals surface area contributed by atoms with Gasteiger partial charge in [0, 0.05) is 12.6 Å². The van der Waals surface area contributed by atoms with Gasteiger partial charge >= 0.3 is 0 Å². The molecular weight excluding hydrogens is 202 g/mol. The molecule has 1 fully saturated rings. The first-order chi connectivity index (χ1) is 7.81. The van der Waals surface area contributed by atoms with E-state index in [1.165, 1.54) is 32.4 Å². The molecule has 0 aromatic carbocycles. The molecule has 0 spiro atoms. The Morgan fingerprint density at radius 2 is 2.19 bits per heavy atom. The second-order valence-electron chi connectivity index (χ2n) is 4.53. The van der Waals surface area contributed by atoms with E-state index >= 15 is 0 Å². The number of imidazole rings is 1. The molecule has 2 rings (SSSR count). The molecule has 1 aliphatic rings. The molecule has 4 heteroatoms. The Morgan fingerprint density at radius 1 is 1.44 bits per heavy atom. The van der Waals surface area contributed by atoms with E-state index in [1.54, 1.807) is 12.5 Å². The minimum Gasteiger partial charge on any atom is -0.327 e. The van der Waals surface area contributed by atoms with E-state index in [0.29, 0.717) is 11.7 Å². The molecule has 0 amide bonds. The van der Waals surface area contributed by atoms with Gasteiger partial charge in [0.25, 0.3) is 0 Å². The maximum absolute atomic E-state index is 10.8. The lowest BCUT2D eigenvalue weighted by molar-refractivity contribution is 0.111. The Bertz CT molecular complexity index is 342. The Morgan fingerprint density at radius 3 is 2.88 bits per heavy atom. The van der Waals surface area contributed by atoms with Gasteiger partial charge in [-0.15, -0.1) is 0 Å². The van der Waals surface area contributed by atoms with Crippen LogP contribution >= 0.6 is 0 Å². The van der Waals surface area contributed by atoms with Gasteiger partial charge in [0.05, 0.1) is 12.5 Å². The van der Waals surface area contributed by atoms with Gasteiger partial charge < -0.3 is 4.57 Å². The van der Waals surface area contributed by atoms with Crippen LogP contribution in [0.5, 0.6) is 0 Å². The normalized spacial score (nSPS) is 19.6. The molecule has 0 radical (unpaired) electrons. The average molecular weight is 221 g/mol. The first-order valence-electron chi connectivity index (χ1n) is 6.00. The monoisotopic (exact) mass is 221 g/mol. The quantitative estimate of drug-likeness (QED) is 0.724. The molecule has 0 N–H and O–H groups in total. The molecule has 16 heavy (non-hydrogen) atoms. The Labute approximate surface area is 96.3 Å². The lowest BCUT2D eigenvalue weighted by atomic mass is 10.1. The maximum Gasteiger partial charge on any atom is 0.168 e. The Hall–Kier alpha value is -1.16. The summed E-state index contributed by atoms with van der Waals surface area (Å²) in [4.78, 5) is 17.3. The predicted octanol–water partition coefficient (Wildman–Crippen LogP) is 1.57. The number of likely N-dealkylation sites (tertiary alicyclic amines) is 1. The molecule has 1 aromatic rings. The average Bonchev–Trinajstić information content (AvgIpc) is 2.77. The summed E-state index contributed by atoms with van der Waals surface area (Å²) in [7, 11) is 0. The van der Waals surface area contributed by atoms with Gasteiger partial charge in [0.2, 0.25) is 0 Å². The van der Waals surface area contributed by atoms with Crippen LogP contribution in [0.1, 0.15) is 36.7 Å². The first-order valence-corrected chi connectivity index (χ1v) is 6.00. The maximum atomic E-state index is 10.8. The zero-order chi connectivity index (χ0) is 11.4. The van der Waals surface area contributed by atoms with E-state index < -0.39 is 0 Å². The highest BCUT2D eigenvalue weighted by molar-refractivity contribution is 5.71. The molecular formula is C12H19N3O. The van der Waals surface area contributed by atoms with Gasteiger partial charge in [-0.1, -0.05) is 6.42 Å². The van der Waals surface area contributed by atoms with Crippen molar-refractivity contribution in [1.82, 2.24) is 14.5 Å². The third kappa shape index (κ3) is 2.50. The number of carbonyl (C=O) groups is 1. The van der Waals surface area contributed by atoms with Crippen LogP contribution in [0, 0.1) is 0 Å². The highest BCUT2D eigenvalue weighted by Gasteiger charge is 2.17. The number of piperidine rings is 1. The van der Waals surface area contributed by atoms with Gasteiger partial charge in [-0.05, 0) is 32.9 Å². The van der Waals surface area contributed by atoms with Crippen molar-refractivity contribution in [3.05, 3.63) is 18.2 Å². The van der Waals surface area contributed by atoms with Crippen molar-refractivity contribution in [1.29, 1.82) is 0 Å². The minimum absolute atomic E-state index is 0.480. The Kier molecular flexibility index (Phi) is 3.72. The fourth-order valence-corrected chi connectivity index (χ4v) is 2.34. The van der Waals surface area contributed by atoms with Gasteiger partial charge in [-0.2, -0.15) is 0 Å². The van der Waals surface area contributed by atoms with Crippen molar-refractivity contribution in [3.8, 4) is 0 Å². The largest absolute Gasteiger partial charge is 0.327 e. The van der Waals surface area contributed by atoms with E-state index in [9.17, 15) is 4.79 Å². The van der Waals surface area contributed by atoms with Crippen molar-refractivity contribution < 1.29 is 4.79 Å². The van der Waals surface area contributed by atoms with Crippen molar-refractivity contribution >= 4 is 6.29 Å². The summed E-state index contributed by atoms with van der Waals surface area (Å²) >= 11 is 0. The highest BCUT2D eigenvalue weighted by Crippen LogP contribution is 2.13. The number of rotatable bonds is 4. The van der Waals surface area contributed by atoms with Crippen molar-refractivity contribution in [2.45, 2.75) is 38.8 Å². The minimum atomic E-state index is 0.480. The molecule has 0 saturated carbocycles. The summed E-state index contributed by atoms with van der Waals surface area (Å²) in [6.07, 6.45) is 8.19. The van der Waals surface area contributed by atoms with Crippen LogP contribution in [0.15, 0.2) is 12.5 Å². The topological polar surface area (TPSA) is 38.1 Å². The van der Waals surface area contributed by atoms with Crippen LogP contribution < -0.4 is 0 Å². The molecule has 0 bridgehead atoms. The van der Waals surface area contributed by atoms with Crippen LogP contribution in [-0.2, 0) is 6.54 Å². The van der Waals surface area contributed by atoms with Crippen LogP contribution in [-0.4, -0.2) is 39.9 Å². The highest BCUT2D eigenvalue weighted by atomic mass is 16.1. The number of hydrogen-bond acceptors (Lipinski definition) is 3. The molecule has 88 valence electrons. The number of hydrogen-bond donors (Lipinski definition) is 0. The van der Waals surface area contributed by atoms with E-state index in [1.807, 2.05) is 4.57 Å². The van der Waals surface area contributed by atoms with Gasteiger partial charge in [-0.3, -0.25) is 9.69 Å². The second kappa shape index (κ2) is 5.25. The van der Waals surface area contributed by atoms with Crippen LogP contribution in [0.3, 0.4) is 0 Å². The van der Waals surface area contributed by atoms with Crippen LogP contribution in [0.4, 0.5) is 0 Å². The summed E-state index contributed by atoms with van der Waals surface area (Å²) < 4.78 is 1.94. The summed E-state index contributed by atoms with van der Waals surface area (Å²) in [6.45, 7) is 5.45. The summed E-state index contributed by atoms with van der Waals surface area (Å²) in [6, 6.07) is 0.480. The Balaban J connectivity index is 1.95. The number of aromatic nitrogens is 2. The zero-order valence-corrected chi connectivity index (χ0v) is 9.80. The van der Waals surface area contributed by atoms with Gasteiger partial charge in [0.1, 0.15) is 5.69 Å². The smallest absolute Gasteiger partial charge is 0.168 e. The van der Waals surface area contributed by atoms with Crippen molar-refractivity contribution in [3.63, 3.8) is 0 Å². The summed E-state index contributed by atoms with van der Waals surface area (Å²) in [5.41, 5.74) is 0.670. The zero-order valence-electron chi connectivity index (χ0n) is 9.80. The van der Waals surface area contributed by atoms with E-state index in [-0.39, 0.29) is 0 Å². The third-order valence-electron chi connectivity index (χ3n) is 3.34. The van der Waals surface area contributed by atoms with Gasteiger partial charge in [-0.25, -0.2) is 4.98 Å². The predicted molar refractivity (Wildman–Crippen MR) is 62.5 cm³/mol. The molecule has 1 unspecified atom stereocenters. The summed E-state index contributed by atoms with van der Waals surface area (Å²) in [5, 5.41) is 0. The fourth-order valence-electron chi connectivity index (χ4n) is 2.34. The third-order valence-corrected chi connectivity index (χ3v) is 3.34. The van der Waals surface area contributed by atoms with E-state index in [0.717, 1.165) is 12.8 Å². The van der Waals surface area contributed by atoms with E-state index in [4.69, 9.17) is 0 Å². The number of nitrogens with zero attached hydrogens (tertiary/aromatic N) is 3. The van der Waals surface area contributed by atoms with Crippen LogP contribution in [0.25, 0.3) is 0 Å². The molecule has 1 aromatic heterocycles. The van der Waals surface area contributed by atoms with Crippen molar-refractivity contribution in [2.24, 2.45) is 0 Å². The SMILES string of the molecule is CC(Cn1cncc1C=O)N1CCCCC1. The molecule has 4 nitrogen and oxygen atoms in total.